The van der Waals surface area contributed by atoms with Crippen molar-refractivity contribution in [1.29, 1.82) is 0 Å². The van der Waals surface area contributed by atoms with Crippen molar-refractivity contribution in [3.05, 3.63) is 22.8 Å². The monoisotopic (exact) mass is 332 g/mol. The summed E-state index contributed by atoms with van der Waals surface area (Å²) >= 11 is 0. The first-order valence-corrected chi connectivity index (χ1v) is 8.94. The number of fused-ring (bicyclic) bond motifs is 3. The Labute approximate surface area is 143 Å². The molecule has 2 aliphatic rings. The van der Waals surface area contributed by atoms with E-state index in [1.54, 1.807) is 0 Å². The number of hydrogen-bond donors (Lipinski definition) is 3. The van der Waals surface area contributed by atoms with Crippen LogP contribution in [0.15, 0.2) is 6.07 Å². The molecule has 1 aromatic rings. The van der Waals surface area contributed by atoms with Gasteiger partial charge in [0.15, 0.2) is 11.5 Å². The van der Waals surface area contributed by atoms with Crippen LogP contribution in [-0.4, -0.2) is 21.3 Å². The van der Waals surface area contributed by atoms with Crippen molar-refractivity contribution in [2.75, 3.05) is 0 Å². The molecule has 1 fully saturated rings. The highest BCUT2D eigenvalue weighted by Crippen LogP contribution is 2.60. The summed E-state index contributed by atoms with van der Waals surface area (Å²) in [5, 5.41) is 31.5. The van der Waals surface area contributed by atoms with Crippen LogP contribution in [0.1, 0.15) is 76.0 Å². The molecule has 1 aromatic carbocycles. The van der Waals surface area contributed by atoms with Crippen LogP contribution in [0.5, 0.6) is 11.5 Å². The van der Waals surface area contributed by atoms with E-state index < -0.39 is 11.4 Å². The number of aliphatic carboxylic acids is 1. The van der Waals surface area contributed by atoms with Crippen LogP contribution in [0.25, 0.3) is 0 Å². The van der Waals surface area contributed by atoms with Crippen molar-refractivity contribution in [1.82, 2.24) is 0 Å². The predicted molar refractivity (Wildman–Crippen MR) is 92.6 cm³/mol. The van der Waals surface area contributed by atoms with E-state index in [0.29, 0.717) is 17.5 Å². The zero-order valence-electron chi connectivity index (χ0n) is 15.0. The van der Waals surface area contributed by atoms with Gasteiger partial charge in [0.2, 0.25) is 0 Å². The zero-order chi connectivity index (χ0) is 17.9. The summed E-state index contributed by atoms with van der Waals surface area (Å²) in [6.45, 7) is 8.20. The SMILES string of the molecule is CC(C)c1cc2c(c(O)c1O)[C@]1(C(=O)O)CCCC(C)(C)C1CC2. The van der Waals surface area contributed by atoms with Crippen LogP contribution in [-0.2, 0) is 16.6 Å². The molecule has 3 rings (SSSR count). The summed E-state index contributed by atoms with van der Waals surface area (Å²) in [6, 6.07) is 1.91. The largest absolute Gasteiger partial charge is 0.504 e. The molecular weight excluding hydrogens is 304 g/mol. The van der Waals surface area contributed by atoms with Gasteiger partial charge in [-0.2, -0.15) is 0 Å². The minimum atomic E-state index is -1.09. The first kappa shape index (κ1) is 17.1. The minimum Gasteiger partial charge on any atom is -0.504 e. The molecule has 0 saturated heterocycles. The lowest BCUT2D eigenvalue weighted by Gasteiger charge is -2.53. The molecule has 4 heteroatoms. The van der Waals surface area contributed by atoms with E-state index in [4.69, 9.17) is 0 Å². The average Bonchev–Trinajstić information content (AvgIpc) is 2.49. The van der Waals surface area contributed by atoms with E-state index in [1.165, 1.54) is 0 Å². The second-order valence-corrected chi connectivity index (χ2v) is 8.56. The van der Waals surface area contributed by atoms with Gasteiger partial charge in [-0.25, -0.2) is 0 Å². The van der Waals surface area contributed by atoms with Gasteiger partial charge < -0.3 is 15.3 Å². The summed E-state index contributed by atoms with van der Waals surface area (Å²) < 4.78 is 0. The molecule has 2 atom stereocenters. The molecule has 1 unspecified atom stereocenters. The normalized spacial score (nSPS) is 28.3. The number of carboxylic acids is 1. The third-order valence-electron chi connectivity index (χ3n) is 6.47. The number of phenols is 2. The molecule has 0 radical (unpaired) electrons. The fourth-order valence-electron chi connectivity index (χ4n) is 5.31. The number of aromatic hydroxyl groups is 2. The number of rotatable bonds is 2. The fraction of sp³-hybridized carbons (Fsp3) is 0.650. The van der Waals surface area contributed by atoms with Crippen molar-refractivity contribution in [3.8, 4) is 11.5 Å². The molecule has 0 heterocycles. The van der Waals surface area contributed by atoms with Gasteiger partial charge in [-0.1, -0.05) is 40.2 Å². The van der Waals surface area contributed by atoms with Gasteiger partial charge in [0.1, 0.15) is 0 Å². The molecule has 0 aliphatic heterocycles. The second kappa shape index (κ2) is 5.40. The van der Waals surface area contributed by atoms with Crippen LogP contribution in [0.2, 0.25) is 0 Å². The molecule has 3 N–H and O–H groups in total. The van der Waals surface area contributed by atoms with Crippen molar-refractivity contribution in [2.24, 2.45) is 11.3 Å². The molecular formula is C20H28O4. The fourth-order valence-corrected chi connectivity index (χ4v) is 5.31. The molecule has 0 aromatic heterocycles. The van der Waals surface area contributed by atoms with Crippen LogP contribution in [0.4, 0.5) is 0 Å². The quantitative estimate of drug-likeness (QED) is 0.705. The Hall–Kier alpha value is -1.71. The Morgan fingerprint density at radius 1 is 1.21 bits per heavy atom. The second-order valence-electron chi connectivity index (χ2n) is 8.56. The lowest BCUT2D eigenvalue weighted by Crippen LogP contribution is -2.54. The van der Waals surface area contributed by atoms with Gasteiger partial charge in [-0.15, -0.1) is 0 Å². The van der Waals surface area contributed by atoms with Crippen LogP contribution in [0, 0.1) is 11.3 Å². The number of aryl methyl sites for hydroxylation is 1. The van der Waals surface area contributed by atoms with Crippen LogP contribution >= 0.6 is 0 Å². The Bertz CT molecular complexity index is 689. The molecule has 4 nitrogen and oxygen atoms in total. The van der Waals surface area contributed by atoms with Crippen LogP contribution < -0.4 is 0 Å². The highest BCUT2D eigenvalue weighted by atomic mass is 16.4. The highest BCUT2D eigenvalue weighted by Gasteiger charge is 2.58. The topological polar surface area (TPSA) is 77.8 Å². The Balaban J connectivity index is 2.31. The average molecular weight is 332 g/mol. The third-order valence-corrected chi connectivity index (χ3v) is 6.47. The van der Waals surface area contributed by atoms with Gasteiger partial charge >= 0.3 is 5.97 Å². The maximum atomic E-state index is 12.5. The Kier molecular flexibility index (Phi) is 3.85. The lowest BCUT2D eigenvalue weighted by molar-refractivity contribution is -0.152. The molecule has 0 amide bonds. The van der Waals surface area contributed by atoms with E-state index in [2.05, 4.69) is 13.8 Å². The summed E-state index contributed by atoms with van der Waals surface area (Å²) in [7, 11) is 0. The van der Waals surface area contributed by atoms with Crippen molar-refractivity contribution >= 4 is 5.97 Å². The van der Waals surface area contributed by atoms with E-state index in [1.807, 2.05) is 19.9 Å². The van der Waals surface area contributed by atoms with Gasteiger partial charge in [-0.3, -0.25) is 4.79 Å². The molecule has 2 aliphatic carbocycles. The van der Waals surface area contributed by atoms with Gasteiger partial charge in [0.25, 0.3) is 0 Å². The van der Waals surface area contributed by atoms with Gasteiger partial charge in [-0.05, 0) is 48.5 Å². The smallest absolute Gasteiger partial charge is 0.314 e. The maximum Gasteiger partial charge on any atom is 0.314 e. The Morgan fingerprint density at radius 2 is 1.88 bits per heavy atom. The molecule has 0 spiro atoms. The van der Waals surface area contributed by atoms with Crippen molar-refractivity contribution in [3.63, 3.8) is 0 Å². The van der Waals surface area contributed by atoms with Crippen molar-refractivity contribution in [2.45, 2.75) is 71.1 Å². The Morgan fingerprint density at radius 3 is 2.46 bits per heavy atom. The first-order chi connectivity index (χ1) is 11.1. The summed E-state index contributed by atoms with van der Waals surface area (Å²) in [5.74, 6) is -1.18. The maximum absolute atomic E-state index is 12.5. The molecule has 0 bridgehead atoms. The number of carbonyl (C=O) groups is 1. The third kappa shape index (κ3) is 2.15. The van der Waals surface area contributed by atoms with E-state index in [-0.39, 0.29) is 28.7 Å². The highest BCUT2D eigenvalue weighted by molar-refractivity contribution is 5.85. The van der Waals surface area contributed by atoms with E-state index >= 15 is 0 Å². The number of benzene rings is 1. The minimum absolute atomic E-state index is 0.0288. The van der Waals surface area contributed by atoms with E-state index in [9.17, 15) is 20.1 Å². The molecule has 24 heavy (non-hydrogen) atoms. The van der Waals surface area contributed by atoms with Gasteiger partial charge in [0.05, 0.1) is 5.41 Å². The van der Waals surface area contributed by atoms with Gasteiger partial charge in [0, 0.05) is 11.1 Å². The van der Waals surface area contributed by atoms with Crippen LogP contribution in [0.3, 0.4) is 0 Å². The molecule has 132 valence electrons. The number of phenolic OH excluding ortho intramolecular Hbond substituents is 2. The van der Waals surface area contributed by atoms with Crippen molar-refractivity contribution < 1.29 is 20.1 Å². The lowest BCUT2D eigenvalue weighted by atomic mass is 9.49. The van der Waals surface area contributed by atoms with E-state index in [0.717, 1.165) is 31.2 Å². The zero-order valence-corrected chi connectivity index (χ0v) is 15.0. The number of hydrogen-bond acceptors (Lipinski definition) is 3. The standard InChI is InChI=1S/C20H28O4/c1-11(2)13-10-12-6-7-14-19(3,4)8-5-9-20(14,18(23)24)15(12)17(22)16(13)21/h10-11,14,21-22H,5-9H2,1-4H3,(H,23,24)/t14?,20-/m0/s1. The molecule has 1 saturated carbocycles. The summed E-state index contributed by atoms with van der Waals surface area (Å²) in [6.07, 6.45) is 3.91. The predicted octanol–water partition coefficient (Wildman–Crippen LogP) is 4.32. The summed E-state index contributed by atoms with van der Waals surface area (Å²) in [5.41, 5.74) is 0.881. The summed E-state index contributed by atoms with van der Waals surface area (Å²) in [4.78, 5) is 12.5. The number of carboxylic acid groups (broad SMARTS) is 1. The first-order valence-electron chi connectivity index (χ1n) is 8.94.